The van der Waals surface area contributed by atoms with Crippen molar-refractivity contribution in [3.8, 4) is 0 Å². The number of nitrogens with one attached hydrogen (secondary N) is 2. The Morgan fingerprint density at radius 3 is 2.77 bits per heavy atom. The van der Waals surface area contributed by atoms with E-state index >= 15 is 0 Å². The van der Waals surface area contributed by atoms with Crippen LogP contribution in [0.4, 0.5) is 5.13 Å². The Morgan fingerprint density at radius 1 is 1.23 bits per heavy atom. The van der Waals surface area contributed by atoms with Crippen molar-refractivity contribution in [2.75, 3.05) is 11.6 Å². The Hall–Kier alpha value is -2.42. The maximum absolute atomic E-state index is 12.5. The highest BCUT2D eigenvalue weighted by Gasteiger charge is 2.15. The number of hydrogen-bond acceptors (Lipinski definition) is 5. The number of carbonyl (C=O) groups is 1. The van der Waals surface area contributed by atoms with Gasteiger partial charge in [-0.15, -0.1) is 0 Å². The summed E-state index contributed by atoms with van der Waals surface area (Å²) < 4.78 is 24.0. The number of amides is 1. The molecule has 4 aromatic rings. The number of anilines is 1. The molecule has 9 heteroatoms. The summed E-state index contributed by atoms with van der Waals surface area (Å²) in [6, 6.07) is 11.8. The lowest BCUT2D eigenvalue weighted by molar-refractivity contribution is 0.102. The molecular weight excluding hydrogens is 394 g/mol. The number of hydrogen-bond donors (Lipinski definition) is 2. The molecule has 132 valence electrons. The number of rotatable bonds is 3. The molecule has 2 N–H and O–H groups in total. The number of sulfone groups is 1. The van der Waals surface area contributed by atoms with E-state index in [9.17, 15) is 13.2 Å². The molecule has 0 spiro atoms. The highest BCUT2D eigenvalue weighted by molar-refractivity contribution is 7.90. The molecule has 2 aromatic heterocycles. The van der Waals surface area contributed by atoms with Gasteiger partial charge >= 0.3 is 0 Å². The number of para-hydroxylation sites is 1. The maximum Gasteiger partial charge on any atom is 0.273 e. The van der Waals surface area contributed by atoms with Crippen LogP contribution in [0.1, 0.15) is 10.5 Å². The number of fused-ring (bicyclic) bond motifs is 2. The van der Waals surface area contributed by atoms with Gasteiger partial charge in [0.2, 0.25) is 0 Å². The number of benzene rings is 2. The highest BCUT2D eigenvalue weighted by Crippen LogP contribution is 2.29. The summed E-state index contributed by atoms with van der Waals surface area (Å²) >= 11 is 7.33. The van der Waals surface area contributed by atoms with Crippen LogP contribution < -0.4 is 5.32 Å². The lowest BCUT2D eigenvalue weighted by atomic mass is 10.2. The van der Waals surface area contributed by atoms with Gasteiger partial charge in [-0.3, -0.25) is 10.1 Å². The van der Waals surface area contributed by atoms with E-state index in [0.29, 0.717) is 31.6 Å². The first-order valence-electron chi connectivity index (χ1n) is 7.50. The van der Waals surface area contributed by atoms with Gasteiger partial charge in [0.25, 0.3) is 5.91 Å². The molecule has 0 fully saturated rings. The molecule has 0 aliphatic heterocycles. The summed E-state index contributed by atoms with van der Waals surface area (Å²) in [7, 11) is -3.30. The average Bonchev–Trinajstić information content (AvgIpc) is 3.17. The summed E-state index contributed by atoms with van der Waals surface area (Å²) in [6.45, 7) is 0. The fourth-order valence-electron chi connectivity index (χ4n) is 2.60. The largest absolute Gasteiger partial charge is 0.349 e. The van der Waals surface area contributed by atoms with Crippen LogP contribution in [-0.2, 0) is 9.84 Å². The molecule has 0 unspecified atom stereocenters. The second-order valence-corrected chi connectivity index (χ2v) is 9.22. The first-order valence-corrected chi connectivity index (χ1v) is 10.6. The molecule has 0 atom stereocenters. The topological polar surface area (TPSA) is 91.9 Å². The van der Waals surface area contributed by atoms with Crippen LogP contribution in [0.3, 0.4) is 0 Å². The monoisotopic (exact) mass is 405 g/mol. The van der Waals surface area contributed by atoms with E-state index in [0.717, 1.165) is 11.6 Å². The summed E-state index contributed by atoms with van der Waals surface area (Å²) in [5, 5.41) is 4.49. The summed E-state index contributed by atoms with van der Waals surface area (Å²) in [6.07, 6.45) is 1.15. The van der Waals surface area contributed by atoms with Crippen molar-refractivity contribution < 1.29 is 13.2 Å². The summed E-state index contributed by atoms with van der Waals surface area (Å²) in [5.41, 5.74) is 1.68. The molecule has 2 aromatic carbocycles. The van der Waals surface area contributed by atoms with Gasteiger partial charge in [-0.2, -0.15) is 0 Å². The second kappa shape index (κ2) is 6.08. The zero-order valence-electron chi connectivity index (χ0n) is 13.4. The quantitative estimate of drug-likeness (QED) is 0.537. The Bertz CT molecular complexity index is 1280. The molecule has 0 saturated carbocycles. The predicted octanol–water partition coefficient (Wildman–Crippen LogP) is 4.09. The normalized spacial score (nSPS) is 11.9. The number of nitrogens with zero attached hydrogens (tertiary/aromatic N) is 1. The van der Waals surface area contributed by atoms with Crippen LogP contribution >= 0.6 is 22.9 Å². The van der Waals surface area contributed by atoms with E-state index in [1.165, 1.54) is 17.4 Å². The molecule has 0 saturated heterocycles. The Kier molecular flexibility index (Phi) is 3.98. The van der Waals surface area contributed by atoms with Crippen molar-refractivity contribution >= 4 is 64.9 Å². The Balaban J connectivity index is 1.65. The molecule has 2 heterocycles. The number of aromatic nitrogens is 2. The van der Waals surface area contributed by atoms with Gasteiger partial charge in [-0.05, 0) is 30.3 Å². The minimum atomic E-state index is -3.30. The molecule has 6 nitrogen and oxygen atoms in total. The predicted molar refractivity (Wildman–Crippen MR) is 104 cm³/mol. The van der Waals surface area contributed by atoms with Crippen LogP contribution in [0.2, 0.25) is 5.02 Å². The van der Waals surface area contributed by atoms with Crippen molar-refractivity contribution in [1.29, 1.82) is 0 Å². The summed E-state index contributed by atoms with van der Waals surface area (Å²) in [5.74, 6) is -0.348. The fraction of sp³-hybridized carbons (Fsp3) is 0.0588. The van der Waals surface area contributed by atoms with Gasteiger partial charge in [0.15, 0.2) is 15.0 Å². The fourth-order valence-corrected chi connectivity index (χ4v) is 4.45. The Labute approximate surface area is 157 Å². The van der Waals surface area contributed by atoms with Crippen molar-refractivity contribution in [2.24, 2.45) is 0 Å². The van der Waals surface area contributed by atoms with Crippen molar-refractivity contribution in [3.63, 3.8) is 0 Å². The van der Waals surface area contributed by atoms with Gasteiger partial charge < -0.3 is 4.98 Å². The van der Waals surface area contributed by atoms with Gasteiger partial charge in [0.05, 0.1) is 25.7 Å². The minimum absolute atomic E-state index is 0.219. The third-order valence-corrected chi connectivity index (χ3v) is 6.22. The summed E-state index contributed by atoms with van der Waals surface area (Å²) in [4.78, 5) is 20.0. The van der Waals surface area contributed by atoms with Gasteiger partial charge in [0, 0.05) is 11.6 Å². The van der Waals surface area contributed by atoms with E-state index in [2.05, 4.69) is 15.3 Å². The SMILES string of the molecule is CS(=O)(=O)c1ccc2nc(NC(=O)c3cc4cccc(Cl)c4[nH]3)sc2c1. The van der Waals surface area contributed by atoms with Crippen molar-refractivity contribution in [1.82, 2.24) is 9.97 Å². The zero-order valence-corrected chi connectivity index (χ0v) is 15.8. The number of halogens is 1. The smallest absolute Gasteiger partial charge is 0.273 e. The molecule has 0 aliphatic rings. The zero-order chi connectivity index (χ0) is 18.5. The van der Waals surface area contributed by atoms with E-state index in [1.807, 2.05) is 12.1 Å². The maximum atomic E-state index is 12.5. The van der Waals surface area contributed by atoms with Crippen molar-refractivity contribution in [3.05, 3.63) is 53.2 Å². The Morgan fingerprint density at radius 2 is 2.04 bits per heavy atom. The van der Waals surface area contributed by atoms with Crippen LogP contribution in [0.25, 0.3) is 21.1 Å². The first kappa shape index (κ1) is 17.0. The molecule has 0 radical (unpaired) electrons. The van der Waals surface area contributed by atoms with E-state index in [-0.39, 0.29) is 10.8 Å². The second-order valence-electron chi connectivity index (χ2n) is 5.76. The minimum Gasteiger partial charge on any atom is -0.349 e. The molecule has 4 rings (SSSR count). The average molecular weight is 406 g/mol. The van der Waals surface area contributed by atoms with E-state index < -0.39 is 9.84 Å². The number of H-pyrrole nitrogens is 1. The number of carbonyl (C=O) groups excluding carboxylic acids is 1. The third-order valence-electron chi connectivity index (χ3n) is 3.86. The van der Waals surface area contributed by atoms with Crippen LogP contribution in [0, 0.1) is 0 Å². The first-order chi connectivity index (χ1) is 12.3. The van der Waals surface area contributed by atoms with Gasteiger partial charge in [-0.25, -0.2) is 13.4 Å². The molecule has 0 bridgehead atoms. The lowest BCUT2D eigenvalue weighted by Crippen LogP contribution is -2.11. The third kappa shape index (κ3) is 3.07. The van der Waals surface area contributed by atoms with Crippen molar-refractivity contribution in [2.45, 2.75) is 4.90 Å². The highest BCUT2D eigenvalue weighted by atomic mass is 35.5. The van der Waals surface area contributed by atoms with Crippen LogP contribution in [-0.4, -0.2) is 30.5 Å². The molecule has 1 amide bonds. The van der Waals surface area contributed by atoms with Gasteiger partial charge in [-0.1, -0.05) is 35.1 Å². The lowest BCUT2D eigenvalue weighted by Gasteiger charge is -1.97. The van der Waals surface area contributed by atoms with E-state index in [1.54, 1.807) is 24.3 Å². The number of thiazole rings is 1. The van der Waals surface area contributed by atoms with Crippen LogP contribution in [0.15, 0.2) is 47.4 Å². The van der Waals surface area contributed by atoms with E-state index in [4.69, 9.17) is 11.6 Å². The van der Waals surface area contributed by atoms with Gasteiger partial charge in [0.1, 0.15) is 5.69 Å². The molecular formula is C17H12ClN3O3S2. The molecule has 0 aliphatic carbocycles. The number of aromatic amines is 1. The van der Waals surface area contributed by atoms with Crippen LogP contribution in [0.5, 0.6) is 0 Å². The molecule has 26 heavy (non-hydrogen) atoms. The standard InChI is InChI=1S/C17H12ClN3O3S2/c1-26(23,24)10-5-6-12-14(8-10)25-17(20-12)21-16(22)13-7-9-3-2-4-11(18)15(9)19-13/h2-8,19H,1H3,(H,20,21,22).